The van der Waals surface area contributed by atoms with Crippen LogP contribution in [0.1, 0.15) is 48.0 Å². The number of carbonyl (C=O) groups is 1. The molecule has 0 aliphatic carbocycles. The number of hydrogen-bond acceptors (Lipinski definition) is 3. The van der Waals surface area contributed by atoms with Crippen molar-refractivity contribution in [3.63, 3.8) is 0 Å². The van der Waals surface area contributed by atoms with Gasteiger partial charge in [0, 0.05) is 25.2 Å². The number of rotatable bonds is 6. The molecule has 1 unspecified atom stereocenters. The number of benzene rings is 2. The van der Waals surface area contributed by atoms with Crippen LogP contribution >= 0.6 is 0 Å². The third-order valence-corrected chi connectivity index (χ3v) is 6.88. The zero-order valence-corrected chi connectivity index (χ0v) is 16.4. The van der Waals surface area contributed by atoms with Gasteiger partial charge in [0.1, 0.15) is 0 Å². The van der Waals surface area contributed by atoms with Gasteiger partial charge in [-0.3, -0.25) is 4.79 Å². The van der Waals surface area contributed by atoms with Gasteiger partial charge in [0.2, 0.25) is 10.0 Å². The van der Waals surface area contributed by atoms with Crippen molar-refractivity contribution in [1.29, 1.82) is 0 Å². The molecule has 1 atom stereocenters. The first kappa shape index (κ1) is 19.6. The van der Waals surface area contributed by atoms with Gasteiger partial charge in [0.25, 0.3) is 5.91 Å². The molecule has 2 aromatic rings. The Labute approximate surface area is 161 Å². The maximum Gasteiger partial charge on any atom is 0.251 e. The molecule has 1 N–H and O–H groups in total. The van der Waals surface area contributed by atoms with Gasteiger partial charge in [-0.05, 0) is 42.5 Å². The summed E-state index contributed by atoms with van der Waals surface area (Å²) >= 11 is 0. The van der Waals surface area contributed by atoms with Crippen molar-refractivity contribution in [1.82, 2.24) is 9.62 Å². The summed E-state index contributed by atoms with van der Waals surface area (Å²) in [6.07, 6.45) is 2.83. The average molecular weight is 387 g/mol. The Hall–Kier alpha value is -2.18. The van der Waals surface area contributed by atoms with E-state index in [1.165, 1.54) is 10.4 Å². The second kappa shape index (κ2) is 8.67. The summed E-state index contributed by atoms with van der Waals surface area (Å²) < 4.78 is 27.1. The van der Waals surface area contributed by atoms with Crippen molar-refractivity contribution in [3.05, 3.63) is 65.7 Å². The molecule has 0 saturated carbocycles. The molecule has 0 bridgehead atoms. The van der Waals surface area contributed by atoms with E-state index >= 15 is 0 Å². The van der Waals surface area contributed by atoms with Crippen molar-refractivity contribution in [2.75, 3.05) is 19.6 Å². The van der Waals surface area contributed by atoms with Crippen molar-refractivity contribution >= 4 is 15.9 Å². The average Bonchev–Trinajstić information content (AvgIpc) is 2.73. The molecule has 144 valence electrons. The normalized spacial score (nSPS) is 16.6. The molecule has 1 amide bonds. The maximum atomic E-state index is 12.8. The minimum atomic E-state index is -3.54. The summed E-state index contributed by atoms with van der Waals surface area (Å²) in [5, 5.41) is 2.91. The summed E-state index contributed by atoms with van der Waals surface area (Å²) in [6, 6.07) is 16.3. The van der Waals surface area contributed by atoms with Crippen LogP contribution in [-0.2, 0) is 10.0 Å². The zero-order chi connectivity index (χ0) is 19.3. The number of sulfonamides is 1. The highest BCUT2D eigenvalue weighted by Gasteiger charge is 2.26. The number of nitrogens with one attached hydrogen (secondary N) is 1. The monoisotopic (exact) mass is 386 g/mol. The first-order chi connectivity index (χ1) is 13.0. The lowest BCUT2D eigenvalue weighted by Crippen LogP contribution is -2.35. The van der Waals surface area contributed by atoms with Gasteiger partial charge >= 0.3 is 0 Å². The number of nitrogens with zero attached hydrogens (tertiary/aromatic N) is 1. The van der Waals surface area contributed by atoms with Crippen LogP contribution in [0.15, 0.2) is 59.5 Å². The Morgan fingerprint density at radius 1 is 1.04 bits per heavy atom. The van der Waals surface area contributed by atoms with Crippen LogP contribution in [0.2, 0.25) is 0 Å². The third kappa shape index (κ3) is 4.76. The van der Waals surface area contributed by atoms with Crippen molar-refractivity contribution in [2.45, 2.75) is 37.0 Å². The Kier molecular flexibility index (Phi) is 6.29. The van der Waals surface area contributed by atoms with Crippen LogP contribution in [0.4, 0.5) is 0 Å². The van der Waals surface area contributed by atoms with Gasteiger partial charge in [-0.15, -0.1) is 0 Å². The maximum absolute atomic E-state index is 12.8. The van der Waals surface area contributed by atoms with Gasteiger partial charge in [0.15, 0.2) is 0 Å². The second-order valence-corrected chi connectivity index (χ2v) is 8.95. The molecule has 5 nitrogen and oxygen atoms in total. The van der Waals surface area contributed by atoms with Crippen LogP contribution < -0.4 is 5.32 Å². The summed E-state index contributed by atoms with van der Waals surface area (Å²) in [5.41, 5.74) is 1.52. The van der Waals surface area contributed by atoms with E-state index in [1.807, 2.05) is 37.3 Å². The number of piperidine rings is 1. The van der Waals surface area contributed by atoms with Crippen molar-refractivity contribution < 1.29 is 13.2 Å². The van der Waals surface area contributed by atoms with E-state index in [0.29, 0.717) is 25.2 Å². The van der Waals surface area contributed by atoms with E-state index in [2.05, 4.69) is 5.32 Å². The fourth-order valence-electron chi connectivity index (χ4n) is 3.30. The van der Waals surface area contributed by atoms with E-state index in [0.717, 1.165) is 24.8 Å². The molecule has 2 aromatic carbocycles. The minimum absolute atomic E-state index is 0.176. The molecule has 1 aliphatic heterocycles. The SMILES string of the molecule is CC(CNC(=O)c1cccc(S(=O)(=O)N2CCCCC2)c1)c1ccccc1. The third-order valence-electron chi connectivity index (χ3n) is 4.99. The lowest BCUT2D eigenvalue weighted by Gasteiger charge is -2.26. The highest BCUT2D eigenvalue weighted by atomic mass is 32.2. The van der Waals surface area contributed by atoms with Gasteiger partial charge < -0.3 is 5.32 Å². The van der Waals surface area contributed by atoms with Gasteiger partial charge in [-0.25, -0.2) is 8.42 Å². The predicted molar refractivity (Wildman–Crippen MR) is 106 cm³/mol. The fourth-order valence-corrected chi connectivity index (χ4v) is 4.86. The molecule has 3 rings (SSSR count). The Morgan fingerprint density at radius 3 is 2.44 bits per heavy atom. The molecule has 1 heterocycles. The number of hydrogen-bond donors (Lipinski definition) is 1. The molecule has 1 saturated heterocycles. The van der Waals surface area contributed by atoms with Gasteiger partial charge in [-0.1, -0.05) is 49.7 Å². The largest absolute Gasteiger partial charge is 0.351 e. The van der Waals surface area contributed by atoms with Crippen LogP contribution in [0, 0.1) is 0 Å². The Morgan fingerprint density at radius 2 is 1.74 bits per heavy atom. The second-order valence-electron chi connectivity index (χ2n) is 7.01. The van der Waals surface area contributed by atoms with Crippen LogP contribution in [0.5, 0.6) is 0 Å². The minimum Gasteiger partial charge on any atom is -0.351 e. The molecular formula is C21H26N2O3S. The van der Waals surface area contributed by atoms with Crippen molar-refractivity contribution in [2.24, 2.45) is 0 Å². The zero-order valence-electron chi connectivity index (χ0n) is 15.6. The van der Waals surface area contributed by atoms with Gasteiger partial charge in [0.05, 0.1) is 4.90 Å². The number of carbonyl (C=O) groups excluding carboxylic acids is 1. The van der Waals surface area contributed by atoms with Crippen LogP contribution in [-0.4, -0.2) is 38.3 Å². The van der Waals surface area contributed by atoms with E-state index < -0.39 is 10.0 Å². The van der Waals surface area contributed by atoms with Crippen molar-refractivity contribution in [3.8, 4) is 0 Å². The molecule has 0 radical (unpaired) electrons. The molecule has 27 heavy (non-hydrogen) atoms. The van der Waals surface area contributed by atoms with Crippen LogP contribution in [0.3, 0.4) is 0 Å². The standard InChI is InChI=1S/C21H26N2O3S/c1-17(18-9-4-2-5-10-18)16-22-21(24)19-11-8-12-20(15-19)27(25,26)23-13-6-3-7-14-23/h2,4-5,8-12,15,17H,3,6-7,13-14,16H2,1H3,(H,22,24). The molecule has 1 fully saturated rings. The molecule has 6 heteroatoms. The topological polar surface area (TPSA) is 66.5 Å². The lowest BCUT2D eigenvalue weighted by atomic mass is 10.0. The van der Waals surface area contributed by atoms with E-state index in [4.69, 9.17) is 0 Å². The first-order valence-electron chi connectivity index (χ1n) is 9.42. The van der Waals surface area contributed by atoms with E-state index in [1.54, 1.807) is 18.2 Å². The molecule has 1 aliphatic rings. The Balaban J connectivity index is 1.68. The highest BCUT2D eigenvalue weighted by Crippen LogP contribution is 2.21. The summed E-state index contributed by atoms with van der Waals surface area (Å²) in [6.45, 7) is 3.64. The van der Waals surface area contributed by atoms with E-state index in [9.17, 15) is 13.2 Å². The molecule has 0 spiro atoms. The lowest BCUT2D eigenvalue weighted by molar-refractivity contribution is 0.0951. The number of amides is 1. The smallest absolute Gasteiger partial charge is 0.251 e. The quantitative estimate of drug-likeness (QED) is 0.827. The molecule has 0 aromatic heterocycles. The predicted octanol–water partition coefficient (Wildman–Crippen LogP) is 3.39. The van der Waals surface area contributed by atoms with Gasteiger partial charge in [-0.2, -0.15) is 4.31 Å². The highest BCUT2D eigenvalue weighted by molar-refractivity contribution is 7.89. The summed E-state index contributed by atoms with van der Waals surface area (Å²) in [4.78, 5) is 12.7. The Bertz CT molecular complexity index is 875. The van der Waals surface area contributed by atoms with E-state index in [-0.39, 0.29) is 16.7 Å². The molecular weight excluding hydrogens is 360 g/mol. The summed E-state index contributed by atoms with van der Waals surface area (Å²) in [7, 11) is -3.54. The van der Waals surface area contributed by atoms with Crippen LogP contribution in [0.25, 0.3) is 0 Å². The first-order valence-corrected chi connectivity index (χ1v) is 10.9. The fraction of sp³-hybridized carbons (Fsp3) is 0.381. The summed E-state index contributed by atoms with van der Waals surface area (Å²) in [5.74, 6) is -0.0797.